The van der Waals surface area contributed by atoms with E-state index >= 15 is 0 Å². The number of rotatable bonds is 2. The molecule has 0 aromatic rings. The Labute approximate surface area is 75.8 Å². The summed E-state index contributed by atoms with van der Waals surface area (Å²) in [5.74, 6) is -0.694. The van der Waals surface area contributed by atoms with Gasteiger partial charge < -0.3 is 9.47 Å². The number of ether oxygens (including phenoxy) is 2. The SMILES string of the molecule is COC1=C(O[11CH3])C(=O)C=C(C)C1=O. The zero-order valence-corrected chi connectivity index (χ0v) is 7.71. The van der Waals surface area contributed by atoms with Gasteiger partial charge in [-0.05, 0) is 13.0 Å². The van der Waals surface area contributed by atoms with Crippen molar-refractivity contribution >= 4 is 11.6 Å². The molecular weight excluding hydrogens is 171 g/mol. The normalized spacial score (nSPS) is 17.3. The molecule has 0 N–H and O–H groups in total. The van der Waals surface area contributed by atoms with Crippen LogP contribution in [-0.2, 0) is 19.1 Å². The van der Waals surface area contributed by atoms with Gasteiger partial charge in [0.15, 0.2) is 0 Å². The lowest BCUT2D eigenvalue weighted by atomic mass is 10.0. The second kappa shape index (κ2) is 3.43. The summed E-state index contributed by atoms with van der Waals surface area (Å²) in [7, 11) is 2.66. The molecule has 0 saturated carbocycles. The van der Waals surface area contributed by atoms with Gasteiger partial charge in [0.05, 0.1) is 14.2 Å². The number of carbonyl (C=O) groups is 2. The van der Waals surface area contributed by atoms with E-state index in [9.17, 15) is 9.59 Å². The van der Waals surface area contributed by atoms with Crippen molar-refractivity contribution in [2.45, 2.75) is 6.92 Å². The van der Waals surface area contributed by atoms with Gasteiger partial charge in [0.2, 0.25) is 23.1 Å². The van der Waals surface area contributed by atoms with Crippen molar-refractivity contribution in [2.75, 3.05) is 14.2 Å². The van der Waals surface area contributed by atoms with Crippen molar-refractivity contribution in [2.24, 2.45) is 0 Å². The Balaban J connectivity index is 3.19. The first-order valence-electron chi connectivity index (χ1n) is 3.71. The van der Waals surface area contributed by atoms with Gasteiger partial charge in [-0.25, -0.2) is 0 Å². The number of allylic oxidation sites excluding steroid dienone is 2. The van der Waals surface area contributed by atoms with E-state index in [-0.39, 0.29) is 23.1 Å². The van der Waals surface area contributed by atoms with E-state index in [4.69, 9.17) is 9.47 Å². The van der Waals surface area contributed by atoms with Crippen molar-refractivity contribution < 1.29 is 19.1 Å². The van der Waals surface area contributed by atoms with Crippen molar-refractivity contribution in [3.8, 4) is 0 Å². The molecule has 13 heavy (non-hydrogen) atoms. The summed E-state index contributed by atoms with van der Waals surface area (Å²) in [6.45, 7) is 1.56. The number of carbonyl (C=O) groups excluding carboxylic acids is 2. The number of hydrogen-bond donors (Lipinski definition) is 0. The largest absolute Gasteiger partial charge is 0.490 e. The van der Waals surface area contributed by atoms with E-state index in [1.165, 1.54) is 20.3 Å². The molecule has 0 amide bonds. The van der Waals surface area contributed by atoms with Crippen LogP contribution in [0.4, 0.5) is 0 Å². The molecule has 0 fully saturated rings. The van der Waals surface area contributed by atoms with Crippen LogP contribution >= 0.6 is 0 Å². The molecule has 0 aromatic carbocycles. The summed E-state index contributed by atoms with van der Waals surface area (Å²) < 4.78 is 9.56. The van der Waals surface area contributed by atoms with Gasteiger partial charge in [-0.2, -0.15) is 0 Å². The minimum absolute atomic E-state index is 0.0208. The zero-order valence-electron chi connectivity index (χ0n) is 7.71. The second-order valence-electron chi connectivity index (χ2n) is 2.59. The third-order valence-electron chi connectivity index (χ3n) is 1.75. The van der Waals surface area contributed by atoms with Crippen LogP contribution in [0.25, 0.3) is 0 Å². The van der Waals surface area contributed by atoms with E-state index in [0.717, 1.165) is 0 Å². The molecule has 4 heteroatoms. The van der Waals surface area contributed by atoms with Crippen LogP contribution < -0.4 is 0 Å². The monoisotopic (exact) mass is 181 g/mol. The Kier molecular flexibility index (Phi) is 2.51. The summed E-state index contributed by atoms with van der Waals surface area (Å²) in [6.07, 6.45) is 1.24. The molecule has 0 atom stereocenters. The average Bonchev–Trinajstić information content (AvgIpc) is 2.10. The number of Topliss-reactive ketones (excluding diaryl/α,β-unsaturated/α-hetero) is 1. The molecule has 0 radical (unpaired) electrons. The van der Waals surface area contributed by atoms with Gasteiger partial charge in [0.25, 0.3) is 0 Å². The third kappa shape index (κ3) is 1.47. The predicted molar refractivity (Wildman–Crippen MR) is 44.8 cm³/mol. The van der Waals surface area contributed by atoms with Crippen LogP contribution in [-0.4, -0.2) is 25.8 Å². The van der Waals surface area contributed by atoms with Gasteiger partial charge in [0, 0.05) is 5.57 Å². The Morgan fingerprint density at radius 1 is 1.08 bits per heavy atom. The third-order valence-corrected chi connectivity index (χ3v) is 1.75. The fraction of sp³-hybridized carbons (Fsp3) is 0.333. The molecule has 0 aliphatic heterocycles. The van der Waals surface area contributed by atoms with Crippen LogP contribution in [0.15, 0.2) is 23.2 Å². The highest BCUT2D eigenvalue weighted by Gasteiger charge is 2.28. The lowest BCUT2D eigenvalue weighted by Gasteiger charge is -2.14. The summed E-state index contributed by atoms with van der Waals surface area (Å²) >= 11 is 0. The first-order valence-corrected chi connectivity index (χ1v) is 3.71. The van der Waals surface area contributed by atoms with E-state index in [0.29, 0.717) is 5.57 Å². The maximum absolute atomic E-state index is 11.4. The standard InChI is InChI=1S/C9H10O4/c1-5-4-6(10)8(12-2)9(13-3)7(5)11/h4H,1-3H3/i2-1. The van der Waals surface area contributed by atoms with Gasteiger partial charge in [-0.3, -0.25) is 9.59 Å². The van der Waals surface area contributed by atoms with Crippen molar-refractivity contribution in [3.05, 3.63) is 23.2 Å². The maximum Gasteiger partial charge on any atom is 0.227 e. The highest BCUT2D eigenvalue weighted by atomic mass is 16.5. The summed E-state index contributed by atoms with van der Waals surface area (Å²) in [5.41, 5.74) is 0.364. The first-order chi connectivity index (χ1) is 6.11. The van der Waals surface area contributed by atoms with E-state index < -0.39 is 0 Å². The molecule has 1 aliphatic rings. The fourth-order valence-electron chi connectivity index (χ4n) is 1.10. The summed E-state index contributed by atoms with van der Waals surface area (Å²) in [4.78, 5) is 22.6. The van der Waals surface area contributed by atoms with E-state index in [1.54, 1.807) is 6.92 Å². The lowest BCUT2D eigenvalue weighted by Crippen LogP contribution is -2.20. The predicted octanol–water partition coefficient (Wildman–Crippen LogP) is 0.589. The Hall–Kier alpha value is -1.58. The smallest absolute Gasteiger partial charge is 0.227 e. The average molecular weight is 181 g/mol. The second-order valence-corrected chi connectivity index (χ2v) is 2.59. The highest BCUT2D eigenvalue weighted by molar-refractivity contribution is 6.20. The number of methoxy groups -OCH3 is 2. The number of hydrogen-bond acceptors (Lipinski definition) is 4. The van der Waals surface area contributed by atoms with Crippen LogP contribution in [0.2, 0.25) is 0 Å². The van der Waals surface area contributed by atoms with Crippen LogP contribution in [0.5, 0.6) is 0 Å². The highest BCUT2D eigenvalue weighted by Crippen LogP contribution is 2.19. The first kappa shape index (κ1) is 9.51. The topological polar surface area (TPSA) is 52.6 Å². The van der Waals surface area contributed by atoms with Gasteiger partial charge >= 0.3 is 0 Å². The van der Waals surface area contributed by atoms with Crippen LogP contribution in [0.1, 0.15) is 6.92 Å². The van der Waals surface area contributed by atoms with Gasteiger partial charge in [-0.15, -0.1) is 0 Å². The summed E-state index contributed by atoms with van der Waals surface area (Å²) in [6, 6.07) is 0. The minimum Gasteiger partial charge on any atom is -0.490 e. The quantitative estimate of drug-likeness (QED) is 0.585. The Morgan fingerprint density at radius 2 is 1.62 bits per heavy atom. The molecule has 4 nitrogen and oxygen atoms in total. The molecule has 70 valence electrons. The zero-order chi connectivity index (χ0) is 10.0. The Morgan fingerprint density at radius 3 is 2.08 bits per heavy atom. The maximum atomic E-state index is 11.4. The molecule has 0 spiro atoms. The van der Waals surface area contributed by atoms with E-state index in [2.05, 4.69) is 0 Å². The van der Waals surface area contributed by atoms with Crippen molar-refractivity contribution in [1.29, 1.82) is 0 Å². The number of ketones is 2. The molecule has 0 aromatic heterocycles. The fourth-order valence-corrected chi connectivity index (χ4v) is 1.10. The van der Waals surface area contributed by atoms with Gasteiger partial charge in [-0.1, -0.05) is 0 Å². The Bertz CT molecular complexity index is 323. The van der Waals surface area contributed by atoms with Crippen molar-refractivity contribution in [3.63, 3.8) is 0 Å². The van der Waals surface area contributed by atoms with Crippen LogP contribution in [0, 0.1) is 0 Å². The lowest BCUT2D eigenvalue weighted by molar-refractivity contribution is -0.120. The molecule has 1 aliphatic carbocycles. The molecule has 1 rings (SSSR count). The van der Waals surface area contributed by atoms with Crippen LogP contribution in [0.3, 0.4) is 0 Å². The molecule has 0 bridgehead atoms. The molecular formula is C9H10O4. The van der Waals surface area contributed by atoms with Gasteiger partial charge in [0.1, 0.15) is 0 Å². The summed E-state index contributed by atoms with van der Waals surface area (Å²) in [5, 5.41) is 0. The molecule has 0 heterocycles. The van der Waals surface area contributed by atoms with Crippen molar-refractivity contribution in [1.82, 2.24) is 0 Å². The molecule has 0 unspecified atom stereocenters. The van der Waals surface area contributed by atoms with E-state index in [1.807, 2.05) is 0 Å². The molecule has 0 saturated heterocycles. The minimum atomic E-state index is -0.337.